The number of aromatic nitrogens is 1. The molecule has 4 rings (SSSR count). The van der Waals surface area contributed by atoms with Crippen LogP contribution in [0.15, 0.2) is 76.8 Å². The summed E-state index contributed by atoms with van der Waals surface area (Å²) in [5.74, 6) is 2.35. The molecule has 0 N–H and O–H groups in total. The third-order valence-corrected chi connectivity index (χ3v) is 6.30. The van der Waals surface area contributed by atoms with E-state index in [-0.39, 0.29) is 11.7 Å². The van der Waals surface area contributed by atoms with E-state index in [1.54, 1.807) is 39.4 Å². The summed E-state index contributed by atoms with van der Waals surface area (Å²) in [4.78, 5) is 28.8. The molecule has 8 heteroatoms. The number of anilines is 1. The van der Waals surface area contributed by atoms with Gasteiger partial charge in [0.25, 0.3) is 0 Å². The van der Waals surface area contributed by atoms with E-state index in [1.165, 1.54) is 6.07 Å². The number of hydrogen-bond acceptors (Lipinski definition) is 5. The number of methoxy groups -OCH3 is 1. The second-order valence-electron chi connectivity index (χ2n) is 8.85. The van der Waals surface area contributed by atoms with E-state index < -0.39 is 0 Å². The van der Waals surface area contributed by atoms with Crippen molar-refractivity contribution in [2.45, 2.75) is 27.2 Å². The van der Waals surface area contributed by atoms with Gasteiger partial charge in [0.2, 0.25) is 5.91 Å². The lowest BCUT2D eigenvalue weighted by Gasteiger charge is -2.35. The summed E-state index contributed by atoms with van der Waals surface area (Å²) in [6, 6.07) is 18.6. The lowest BCUT2D eigenvalue weighted by molar-refractivity contribution is -0.131. The molecule has 3 aromatic rings. The summed E-state index contributed by atoms with van der Waals surface area (Å²) in [5, 5.41) is 0. The summed E-state index contributed by atoms with van der Waals surface area (Å²) < 4.78 is 18.5. The van der Waals surface area contributed by atoms with Crippen LogP contribution in [0.4, 0.5) is 10.2 Å². The molecule has 7 nitrogen and oxygen atoms in total. The fraction of sp³-hybridized carbons (Fsp3) is 0.333. The molecule has 0 bridgehead atoms. The van der Waals surface area contributed by atoms with Crippen molar-refractivity contribution in [2.24, 2.45) is 9.98 Å². The van der Waals surface area contributed by atoms with Gasteiger partial charge >= 0.3 is 0 Å². The maximum absolute atomic E-state index is 13.3. The lowest BCUT2D eigenvalue weighted by atomic mass is 10.1. The first-order chi connectivity index (χ1) is 18.4. The second-order valence-corrected chi connectivity index (χ2v) is 8.85. The smallest absolute Gasteiger partial charge is 0.222 e. The topological polar surface area (TPSA) is 70.4 Å². The molecule has 0 radical (unpaired) electrons. The molecule has 2 aromatic carbocycles. The number of ether oxygens (including phenoxy) is 1. The Labute approximate surface area is 224 Å². The minimum Gasteiger partial charge on any atom is -0.497 e. The molecule has 2 heterocycles. The molecule has 0 unspecified atom stereocenters. The van der Waals surface area contributed by atoms with Crippen LogP contribution in [0.25, 0.3) is 0 Å². The number of carbonyl (C=O) groups excluding carboxylic acids is 1. The van der Waals surface area contributed by atoms with Crippen LogP contribution in [-0.2, 0) is 4.79 Å². The molecule has 200 valence electrons. The molecule has 0 saturated carbocycles. The Balaban J connectivity index is 0.000000212. The van der Waals surface area contributed by atoms with E-state index in [0.29, 0.717) is 17.8 Å². The number of amidine groups is 1. The molecule has 1 aliphatic rings. The summed E-state index contributed by atoms with van der Waals surface area (Å²) >= 11 is 0. The van der Waals surface area contributed by atoms with Gasteiger partial charge in [-0.1, -0.05) is 37.3 Å². The van der Waals surface area contributed by atoms with Gasteiger partial charge in [-0.15, -0.1) is 0 Å². The van der Waals surface area contributed by atoms with Crippen LogP contribution >= 0.6 is 0 Å². The Morgan fingerprint density at radius 3 is 2.34 bits per heavy atom. The SMILES string of the molecule is CCC(=O)N1CCN(c2cc(OC)ccn2)CC1.CN=C(N=C(C)c1ccccc1)c1ccc(F)c(C)c1. The van der Waals surface area contributed by atoms with Crippen LogP contribution in [0.1, 0.15) is 37.0 Å². The van der Waals surface area contributed by atoms with Gasteiger partial charge in [-0.05, 0) is 49.2 Å². The van der Waals surface area contributed by atoms with Crippen molar-refractivity contribution in [3.63, 3.8) is 0 Å². The van der Waals surface area contributed by atoms with E-state index in [4.69, 9.17) is 4.74 Å². The Kier molecular flexibility index (Phi) is 10.5. The monoisotopic (exact) mass is 517 g/mol. The van der Waals surface area contributed by atoms with Crippen molar-refractivity contribution in [3.8, 4) is 5.75 Å². The van der Waals surface area contributed by atoms with E-state index in [9.17, 15) is 9.18 Å². The van der Waals surface area contributed by atoms with Crippen LogP contribution in [0.5, 0.6) is 5.75 Å². The van der Waals surface area contributed by atoms with Crippen molar-refractivity contribution >= 4 is 23.3 Å². The third-order valence-electron chi connectivity index (χ3n) is 6.30. The number of rotatable bonds is 5. The van der Waals surface area contributed by atoms with Gasteiger partial charge in [0.15, 0.2) is 5.84 Å². The number of amides is 1. The normalized spacial score (nSPS) is 14.1. The highest BCUT2D eigenvalue weighted by molar-refractivity contribution is 6.11. The van der Waals surface area contributed by atoms with Crippen LogP contribution in [0.2, 0.25) is 0 Å². The van der Waals surface area contributed by atoms with E-state index in [1.807, 2.05) is 61.2 Å². The lowest BCUT2D eigenvalue weighted by Crippen LogP contribution is -2.48. The van der Waals surface area contributed by atoms with Gasteiger partial charge in [-0.25, -0.2) is 14.4 Å². The largest absolute Gasteiger partial charge is 0.497 e. The quantitative estimate of drug-likeness (QED) is 0.346. The maximum atomic E-state index is 13.3. The predicted octanol–water partition coefficient (Wildman–Crippen LogP) is 5.17. The van der Waals surface area contributed by atoms with Crippen LogP contribution in [0.3, 0.4) is 0 Å². The zero-order valence-corrected chi connectivity index (χ0v) is 22.8. The highest BCUT2D eigenvalue weighted by Crippen LogP contribution is 2.19. The molecule has 0 spiro atoms. The molecule has 1 amide bonds. The fourth-order valence-corrected chi connectivity index (χ4v) is 4.04. The number of nitrogens with zero attached hydrogens (tertiary/aromatic N) is 5. The zero-order valence-electron chi connectivity index (χ0n) is 22.8. The van der Waals surface area contributed by atoms with Gasteiger partial charge in [-0.3, -0.25) is 9.79 Å². The Hall–Kier alpha value is -4.07. The first-order valence-corrected chi connectivity index (χ1v) is 12.7. The maximum Gasteiger partial charge on any atom is 0.222 e. The first-order valence-electron chi connectivity index (χ1n) is 12.7. The van der Waals surface area contributed by atoms with Gasteiger partial charge in [0.05, 0.1) is 7.11 Å². The highest BCUT2D eigenvalue weighted by atomic mass is 19.1. The zero-order chi connectivity index (χ0) is 27.5. The molecule has 1 saturated heterocycles. The average molecular weight is 518 g/mol. The number of pyridine rings is 1. The molecule has 1 aromatic heterocycles. The number of hydrogen-bond donors (Lipinski definition) is 0. The first kappa shape index (κ1) is 28.5. The minimum absolute atomic E-state index is 0.215. The van der Waals surface area contributed by atoms with Crippen molar-refractivity contribution in [3.05, 3.63) is 89.4 Å². The number of aliphatic imine (C=N–C) groups is 2. The summed E-state index contributed by atoms with van der Waals surface area (Å²) in [6.07, 6.45) is 2.33. The summed E-state index contributed by atoms with van der Waals surface area (Å²) in [5.41, 5.74) is 3.35. The molecule has 0 aliphatic carbocycles. The highest BCUT2D eigenvalue weighted by Gasteiger charge is 2.20. The van der Waals surface area contributed by atoms with Gasteiger partial charge in [0.1, 0.15) is 17.4 Å². The van der Waals surface area contributed by atoms with E-state index in [0.717, 1.165) is 54.6 Å². The van der Waals surface area contributed by atoms with Crippen molar-refractivity contribution in [1.82, 2.24) is 9.88 Å². The van der Waals surface area contributed by atoms with Gasteiger partial charge < -0.3 is 14.5 Å². The number of halogens is 1. The van der Waals surface area contributed by atoms with Crippen molar-refractivity contribution < 1.29 is 13.9 Å². The van der Waals surface area contributed by atoms with Gasteiger partial charge in [-0.2, -0.15) is 0 Å². The predicted molar refractivity (Wildman–Crippen MR) is 152 cm³/mol. The number of aryl methyl sites for hydroxylation is 1. The molecule has 1 fully saturated rings. The Bertz CT molecular complexity index is 1270. The molecule has 1 aliphatic heterocycles. The van der Waals surface area contributed by atoms with Gasteiger partial charge in [0, 0.05) is 63.2 Å². The number of carbonyl (C=O) groups is 1. The van der Waals surface area contributed by atoms with E-state index in [2.05, 4.69) is 19.9 Å². The summed E-state index contributed by atoms with van der Waals surface area (Å²) in [7, 11) is 3.34. The molecule has 38 heavy (non-hydrogen) atoms. The Morgan fingerprint density at radius 2 is 1.74 bits per heavy atom. The average Bonchev–Trinajstić information content (AvgIpc) is 2.97. The molecular weight excluding hydrogens is 481 g/mol. The number of piperazine rings is 1. The standard InChI is InChI=1S/C17H17FN2.C13H19N3O2/c1-12-11-15(9-10-16(12)18)17(19-3)20-13(2)14-7-5-4-6-8-14;1-3-13(17)16-8-6-15(7-9-16)12-10-11(18-2)4-5-14-12/h4-11H,1-3H3;4-5,10H,3,6-9H2,1-2H3. The van der Waals surface area contributed by atoms with E-state index >= 15 is 0 Å². The molecule has 0 atom stereocenters. The third kappa shape index (κ3) is 7.71. The van der Waals surface area contributed by atoms with Crippen LogP contribution in [0, 0.1) is 12.7 Å². The fourth-order valence-electron chi connectivity index (χ4n) is 4.04. The summed E-state index contributed by atoms with van der Waals surface area (Å²) in [6.45, 7) is 8.77. The molecular formula is C30H36FN5O2. The number of benzene rings is 2. The minimum atomic E-state index is -0.215. The second kappa shape index (κ2) is 14.0. The van der Waals surface area contributed by atoms with Crippen LogP contribution in [-0.4, -0.2) is 67.7 Å². The van der Waals surface area contributed by atoms with Crippen molar-refractivity contribution in [1.29, 1.82) is 0 Å². The Morgan fingerprint density at radius 1 is 1.03 bits per heavy atom. The van der Waals surface area contributed by atoms with Crippen molar-refractivity contribution in [2.75, 3.05) is 45.2 Å². The van der Waals surface area contributed by atoms with Crippen LogP contribution < -0.4 is 9.64 Å².